The van der Waals surface area contributed by atoms with Crippen LogP contribution in [-0.4, -0.2) is 9.13 Å². The van der Waals surface area contributed by atoms with Crippen molar-refractivity contribution in [2.75, 3.05) is 0 Å². The molecule has 0 fully saturated rings. The van der Waals surface area contributed by atoms with Gasteiger partial charge in [0.1, 0.15) is 0 Å². The van der Waals surface area contributed by atoms with Gasteiger partial charge in [0.2, 0.25) is 0 Å². The summed E-state index contributed by atoms with van der Waals surface area (Å²) in [6.45, 7) is 8.76. The van der Waals surface area contributed by atoms with Gasteiger partial charge in [0.25, 0.3) is 0 Å². The van der Waals surface area contributed by atoms with Gasteiger partial charge in [0.05, 0.1) is 0 Å². The maximum absolute atomic E-state index is 2.39. The first-order valence-electron chi connectivity index (χ1n) is 19.5. The first kappa shape index (κ1) is 33.7. The smallest absolute Gasteiger partial charge is 0.0461 e. The number of fused-ring (bicyclic) bond motifs is 3. The molecule has 0 radical (unpaired) electrons. The zero-order valence-electron chi connectivity index (χ0n) is 32.2. The number of hydrogen-bond acceptors (Lipinski definition) is 0. The first-order valence-corrected chi connectivity index (χ1v) is 19.5. The summed E-state index contributed by atoms with van der Waals surface area (Å²) in [5, 5.41) is 7.48. The summed E-state index contributed by atoms with van der Waals surface area (Å²) in [6, 6.07) is 67.3. The third-order valence-corrected chi connectivity index (χ3v) is 11.6. The predicted octanol–water partition coefficient (Wildman–Crippen LogP) is 14.6. The molecule has 0 saturated heterocycles. The topological polar surface area (TPSA) is 9.86 Å². The Morgan fingerprint density at radius 2 is 0.554 bits per heavy atom. The Hall–Kier alpha value is -6.90. The van der Waals surface area contributed by atoms with Crippen LogP contribution in [0.15, 0.2) is 182 Å². The van der Waals surface area contributed by atoms with Crippen molar-refractivity contribution in [3.8, 4) is 55.9 Å². The van der Waals surface area contributed by atoms with Crippen LogP contribution >= 0.6 is 0 Å². The van der Waals surface area contributed by atoms with Crippen LogP contribution in [0.4, 0.5) is 0 Å². The molecular weight excluding hydrogens is 677 g/mol. The molecule has 0 aliphatic heterocycles. The molecule has 10 rings (SSSR count). The number of rotatable bonds is 6. The van der Waals surface area contributed by atoms with Crippen LogP contribution in [0.2, 0.25) is 0 Å². The van der Waals surface area contributed by atoms with E-state index in [2.05, 4.69) is 219 Å². The molecule has 2 aromatic heterocycles. The summed E-state index contributed by atoms with van der Waals surface area (Å²) in [5.41, 5.74) is 17.0. The fraction of sp³-hybridized carbons (Fsp3) is 0.0741. The molecule has 2 heterocycles. The Labute approximate surface area is 328 Å². The lowest BCUT2D eigenvalue weighted by Crippen LogP contribution is -2.01. The van der Waals surface area contributed by atoms with Gasteiger partial charge in [-0.25, -0.2) is 0 Å². The van der Waals surface area contributed by atoms with Gasteiger partial charge >= 0.3 is 0 Å². The second-order valence-electron chi connectivity index (χ2n) is 15.1. The molecule has 0 amide bonds. The molecule has 0 aliphatic carbocycles. The summed E-state index contributed by atoms with van der Waals surface area (Å²) in [6.07, 6.45) is 0. The minimum absolute atomic E-state index is 1.17. The fourth-order valence-electron chi connectivity index (χ4n) is 9.29. The third kappa shape index (κ3) is 5.33. The monoisotopic (exact) mass is 718 g/mol. The molecule has 0 atom stereocenters. The highest BCUT2D eigenvalue weighted by Gasteiger charge is 2.26. The fourth-order valence-corrected chi connectivity index (χ4v) is 9.29. The summed E-state index contributed by atoms with van der Waals surface area (Å²) < 4.78 is 4.73. The second kappa shape index (κ2) is 13.4. The lowest BCUT2D eigenvalue weighted by molar-refractivity contribution is 0.966. The van der Waals surface area contributed by atoms with Gasteiger partial charge in [0.15, 0.2) is 0 Å². The average Bonchev–Trinajstić information content (AvgIpc) is 3.77. The van der Waals surface area contributed by atoms with Gasteiger partial charge in [-0.1, -0.05) is 133 Å². The molecule has 2 nitrogen and oxygen atoms in total. The normalized spacial score (nSPS) is 11.6. The largest absolute Gasteiger partial charge is 0.319 e. The first-order chi connectivity index (χ1) is 27.5. The Balaban J connectivity index is 1.47. The Kier molecular flexibility index (Phi) is 8.08. The molecule has 0 aliphatic rings. The molecule has 56 heavy (non-hydrogen) atoms. The van der Waals surface area contributed by atoms with Crippen molar-refractivity contribution in [3.63, 3.8) is 0 Å². The van der Waals surface area contributed by atoms with Crippen molar-refractivity contribution >= 4 is 32.3 Å². The van der Waals surface area contributed by atoms with Crippen LogP contribution in [0.3, 0.4) is 0 Å². The Bertz CT molecular complexity index is 2850. The zero-order valence-corrected chi connectivity index (χ0v) is 32.2. The molecule has 0 bridgehead atoms. The molecule has 8 aromatic carbocycles. The van der Waals surface area contributed by atoms with E-state index < -0.39 is 0 Å². The number of nitrogens with zero attached hydrogens (tertiary/aromatic N) is 2. The molecule has 10 aromatic rings. The van der Waals surface area contributed by atoms with Gasteiger partial charge in [-0.2, -0.15) is 0 Å². The van der Waals surface area contributed by atoms with E-state index in [1.807, 2.05) is 0 Å². The van der Waals surface area contributed by atoms with E-state index in [-0.39, 0.29) is 0 Å². The second-order valence-corrected chi connectivity index (χ2v) is 15.1. The van der Waals surface area contributed by atoms with Crippen LogP contribution < -0.4 is 0 Å². The molecule has 2 heteroatoms. The number of aromatic nitrogens is 2. The molecule has 0 saturated carbocycles. The summed E-state index contributed by atoms with van der Waals surface area (Å²) in [5.74, 6) is 0. The van der Waals surface area contributed by atoms with E-state index in [1.54, 1.807) is 0 Å². The molecule has 0 N–H and O–H groups in total. The standard InChI is InChI=1S/C54H42N2/c1-35-29-30-36(2)55(35)43-23-15-21-41(33-43)51-47-27-13-14-28-48(47)52(42-22-16-24-44(34-42)56-37(3)31-32-38(56)4)54-50(40-19-9-6-10-20-40)46-26-12-11-25-45(46)49(53(51)54)39-17-7-5-8-18-39/h5-34H,1-4H3. The van der Waals surface area contributed by atoms with Crippen LogP contribution in [0.5, 0.6) is 0 Å². The van der Waals surface area contributed by atoms with Crippen molar-refractivity contribution < 1.29 is 0 Å². The summed E-state index contributed by atoms with van der Waals surface area (Å²) >= 11 is 0. The lowest BCUT2D eigenvalue weighted by atomic mass is 9.77. The Morgan fingerprint density at radius 1 is 0.268 bits per heavy atom. The van der Waals surface area contributed by atoms with Crippen molar-refractivity contribution in [2.45, 2.75) is 27.7 Å². The minimum atomic E-state index is 1.17. The third-order valence-electron chi connectivity index (χ3n) is 11.6. The van der Waals surface area contributed by atoms with Crippen LogP contribution in [0.25, 0.3) is 88.2 Å². The van der Waals surface area contributed by atoms with Gasteiger partial charge in [-0.05, 0) is 153 Å². The van der Waals surface area contributed by atoms with Crippen molar-refractivity contribution in [1.82, 2.24) is 9.13 Å². The van der Waals surface area contributed by atoms with E-state index >= 15 is 0 Å². The molecular formula is C54H42N2. The van der Waals surface area contributed by atoms with Gasteiger partial charge in [0, 0.05) is 34.2 Å². The predicted molar refractivity (Wildman–Crippen MR) is 238 cm³/mol. The highest BCUT2D eigenvalue weighted by Crippen LogP contribution is 2.53. The van der Waals surface area contributed by atoms with E-state index in [0.717, 1.165) is 0 Å². The maximum Gasteiger partial charge on any atom is 0.0461 e. The van der Waals surface area contributed by atoms with Gasteiger partial charge in [-0.3, -0.25) is 0 Å². The SMILES string of the molecule is Cc1ccc(C)n1-c1cccc(-c2c3ccccc3c(-c3cccc(-n4c(C)ccc4C)c3)c3c(-c4ccccc4)c4ccccc4c(-c4ccccc4)c23)c1. The van der Waals surface area contributed by atoms with Gasteiger partial charge in [-0.15, -0.1) is 0 Å². The molecule has 0 unspecified atom stereocenters. The lowest BCUT2D eigenvalue weighted by Gasteiger charge is -2.26. The average molecular weight is 719 g/mol. The molecule has 0 spiro atoms. The van der Waals surface area contributed by atoms with Crippen LogP contribution in [0.1, 0.15) is 22.8 Å². The maximum atomic E-state index is 2.39. The van der Waals surface area contributed by atoms with E-state index in [1.165, 1.54) is 111 Å². The number of benzene rings is 8. The van der Waals surface area contributed by atoms with E-state index in [0.29, 0.717) is 0 Å². The van der Waals surface area contributed by atoms with E-state index in [4.69, 9.17) is 0 Å². The zero-order chi connectivity index (χ0) is 37.9. The van der Waals surface area contributed by atoms with Crippen LogP contribution in [0, 0.1) is 27.7 Å². The summed E-state index contributed by atoms with van der Waals surface area (Å²) in [4.78, 5) is 0. The highest BCUT2D eigenvalue weighted by molar-refractivity contribution is 6.33. The Morgan fingerprint density at radius 3 is 0.893 bits per heavy atom. The summed E-state index contributed by atoms with van der Waals surface area (Å²) in [7, 11) is 0. The van der Waals surface area contributed by atoms with Gasteiger partial charge < -0.3 is 9.13 Å². The van der Waals surface area contributed by atoms with Crippen LogP contribution in [-0.2, 0) is 0 Å². The number of aryl methyl sites for hydroxylation is 4. The number of hydrogen-bond donors (Lipinski definition) is 0. The quantitative estimate of drug-likeness (QED) is 0.152. The molecule has 268 valence electrons. The minimum Gasteiger partial charge on any atom is -0.319 e. The highest BCUT2D eigenvalue weighted by atomic mass is 15.0. The van der Waals surface area contributed by atoms with Crippen molar-refractivity contribution in [2.24, 2.45) is 0 Å². The van der Waals surface area contributed by atoms with E-state index in [9.17, 15) is 0 Å². The van der Waals surface area contributed by atoms with Crippen molar-refractivity contribution in [3.05, 3.63) is 205 Å². The van der Waals surface area contributed by atoms with Crippen molar-refractivity contribution in [1.29, 1.82) is 0 Å².